The van der Waals surface area contributed by atoms with Crippen LogP contribution in [0.1, 0.15) is 74.5 Å². The number of nitrogens with zero attached hydrogens (tertiary/aromatic N) is 3. The molecule has 2 aliphatic carbocycles. The average Bonchev–Trinajstić information content (AvgIpc) is 3.39. The Morgan fingerprint density at radius 1 is 1.16 bits per heavy atom. The third kappa shape index (κ3) is 4.49. The van der Waals surface area contributed by atoms with Crippen LogP contribution in [0.15, 0.2) is 15.5 Å². The van der Waals surface area contributed by atoms with Crippen LogP contribution in [-0.2, 0) is 14.8 Å². The van der Waals surface area contributed by atoms with Crippen LogP contribution in [0.2, 0.25) is 0 Å². The number of piperidine rings is 1. The fraction of sp³-hybridized carbons (Fsp3) is 0.682. The summed E-state index contributed by atoms with van der Waals surface area (Å²) in [6.07, 6.45) is 9.13. The zero-order valence-corrected chi connectivity index (χ0v) is 20.0. The third-order valence-electron chi connectivity index (χ3n) is 6.79. The summed E-state index contributed by atoms with van der Waals surface area (Å²) < 4.78 is 33.8. The minimum absolute atomic E-state index is 0.000989. The maximum absolute atomic E-state index is 13.5. The van der Waals surface area contributed by atoms with Crippen molar-refractivity contribution in [2.24, 2.45) is 5.92 Å². The second-order valence-electron chi connectivity index (χ2n) is 9.31. The first-order valence-corrected chi connectivity index (χ1v) is 13.9. The van der Waals surface area contributed by atoms with Gasteiger partial charge in [0, 0.05) is 29.9 Å². The van der Waals surface area contributed by atoms with E-state index >= 15 is 0 Å². The van der Waals surface area contributed by atoms with E-state index in [4.69, 9.17) is 4.52 Å². The quantitative estimate of drug-likeness (QED) is 0.676. The van der Waals surface area contributed by atoms with Crippen LogP contribution < -0.4 is 5.32 Å². The van der Waals surface area contributed by atoms with Crippen LogP contribution in [0.3, 0.4) is 0 Å². The molecule has 5 rings (SSSR count). The molecule has 32 heavy (non-hydrogen) atoms. The molecule has 1 N–H and O–H groups in total. The molecule has 1 atom stereocenters. The molecule has 1 unspecified atom stereocenters. The number of amides is 1. The second-order valence-corrected chi connectivity index (χ2v) is 12.5. The number of thiophene rings is 1. The number of sulfonamides is 1. The molecular formula is C22H30N4O4S2. The summed E-state index contributed by atoms with van der Waals surface area (Å²) in [4.78, 5) is 19.0. The molecule has 3 fully saturated rings. The molecule has 2 aromatic rings. The molecule has 2 saturated carbocycles. The highest BCUT2D eigenvalue weighted by Gasteiger charge is 2.36. The lowest BCUT2D eigenvalue weighted by molar-refractivity contribution is -0.127. The normalized spacial score (nSPS) is 23.3. The molecule has 1 saturated heterocycles. The Kier molecular flexibility index (Phi) is 6.11. The molecule has 0 radical (unpaired) electrons. The van der Waals surface area contributed by atoms with Crippen LogP contribution in [-0.4, -0.2) is 47.9 Å². The monoisotopic (exact) mass is 478 g/mol. The number of nitrogens with one attached hydrogen (secondary N) is 1. The molecule has 0 spiro atoms. The molecule has 3 aliphatic rings. The van der Waals surface area contributed by atoms with E-state index in [-0.39, 0.29) is 29.3 Å². The van der Waals surface area contributed by atoms with E-state index in [9.17, 15) is 13.2 Å². The summed E-state index contributed by atoms with van der Waals surface area (Å²) in [5.74, 6) is 1.14. The van der Waals surface area contributed by atoms with Crippen LogP contribution >= 0.6 is 11.3 Å². The van der Waals surface area contributed by atoms with Gasteiger partial charge < -0.3 is 9.84 Å². The summed E-state index contributed by atoms with van der Waals surface area (Å²) in [6.45, 7) is 2.48. The number of aromatic nitrogens is 2. The predicted octanol–water partition coefficient (Wildman–Crippen LogP) is 3.83. The predicted molar refractivity (Wildman–Crippen MR) is 121 cm³/mol. The van der Waals surface area contributed by atoms with Crippen molar-refractivity contribution in [1.29, 1.82) is 0 Å². The Hall–Kier alpha value is -1.78. The maximum Gasteiger partial charge on any atom is 0.244 e. The summed E-state index contributed by atoms with van der Waals surface area (Å²) in [6, 6.07) is 1.89. The number of carbonyl (C=O) groups is 1. The highest BCUT2D eigenvalue weighted by molar-refractivity contribution is 7.89. The Balaban J connectivity index is 1.30. The van der Waals surface area contributed by atoms with Gasteiger partial charge in [0.2, 0.25) is 27.6 Å². The molecule has 1 aliphatic heterocycles. The van der Waals surface area contributed by atoms with Crippen LogP contribution in [0.4, 0.5) is 0 Å². The van der Waals surface area contributed by atoms with E-state index in [0.29, 0.717) is 40.4 Å². The number of carbonyl (C=O) groups excluding carboxylic acids is 1. The second kappa shape index (κ2) is 8.87. The molecule has 0 bridgehead atoms. The summed E-state index contributed by atoms with van der Waals surface area (Å²) >= 11 is 1.36. The van der Waals surface area contributed by atoms with Crippen LogP contribution in [0.25, 0.3) is 10.7 Å². The summed E-state index contributed by atoms with van der Waals surface area (Å²) in [5, 5.41) is 7.22. The van der Waals surface area contributed by atoms with E-state index in [1.807, 2.05) is 0 Å². The van der Waals surface area contributed by atoms with Crippen molar-refractivity contribution in [1.82, 2.24) is 19.8 Å². The molecule has 3 heterocycles. The molecule has 174 valence electrons. The van der Waals surface area contributed by atoms with Crippen molar-refractivity contribution in [2.75, 3.05) is 13.1 Å². The Morgan fingerprint density at radius 2 is 1.94 bits per heavy atom. The lowest BCUT2D eigenvalue weighted by atomic mass is 9.93. The van der Waals surface area contributed by atoms with Crippen LogP contribution in [0.5, 0.6) is 0 Å². The molecule has 0 aromatic carbocycles. The number of hydrogen-bond acceptors (Lipinski definition) is 7. The van der Waals surface area contributed by atoms with E-state index in [0.717, 1.165) is 44.9 Å². The van der Waals surface area contributed by atoms with Crippen molar-refractivity contribution in [3.8, 4) is 10.7 Å². The smallest absolute Gasteiger partial charge is 0.244 e. The molecule has 1 amide bonds. The van der Waals surface area contributed by atoms with E-state index in [2.05, 4.69) is 15.5 Å². The fourth-order valence-corrected chi connectivity index (χ4v) is 7.75. The summed E-state index contributed by atoms with van der Waals surface area (Å²) in [7, 11) is -3.70. The Labute approximate surface area is 192 Å². The van der Waals surface area contributed by atoms with Crippen molar-refractivity contribution in [3.63, 3.8) is 0 Å². The molecule has 10 heteroatoms. The Morgan fingerprint density at radius 3 is 2.69 bits per heavy atom. The van der Waals surface area contributed by atoms with E-state index < -0.39 is 10.0 Å². The van der Waals surface area contributed by atoms with Gasteiger partial charge in [-0.05, 0) is 51.5 Å². The number of rotatable bonds is 6. The first-order valence-electron chi connectivity index (χ1n) is 11.7. The van der Waals surface area contributed by atoms with Gasteiger partial charge in [0.15, 0.2) is 0 Å². The first-order chi connectivity index (χ1) is 15.4. The van der Waals surface area contributed by atoms with Gasteiger partial charge in [-0.15, -0.1) is 11.3 Å². The third-order valence-corrected chi connectivity index (χ3v) is 9.95. The lowest BCUT2D eigenvalue weighted by Gasteiger charge is -2.32. The topological polar surface area (TPSA) is 105 Å². The van der Waals surface area contributed by atoms with Crippen molar-refractivity contribution in [2.45, 2.75) is 81.6 Å². The first kappa shape index (κ1) is 22.0. The highest BCUT2D eigenvalue weighted by Crippen LogP contribution is 2.41. The van der Waals surface area contributed by atoms with Gasteiger partial charge in [0.25, 0.3) is 0 Å². The summed E-state index contributed by atoms with van der Waals surface area (Å²) in [5.41, 5.74) is 0. The molecule has 2 aromatic heterocycles. The maximum atomic E-state index is 13.5. The van der Waals surface area contributed by atoms with E-state index in [1.54, 1.807) is 13.0 Å². The number of aryl methyl sites for hydroxylation is 1. The largest absolute Gasteiger partial charge is 0.353 e. The van der Waals surface area contributed by atoms with Gasteiger partial charge in [-0.2, -0.15) is 9.29 Å². The standard InChI is InChI=1S/C22H30N4O4S2/c1-14-19(12-18(31-14)20-24-22(30-25-20)15-9-10-15)32(28,29)26-11-5-6-16(13-26)21(27)23-17-7-3-2-4-8-17/h12,15-17H,2-11,13H2,1H3,(H,23,27). The molecular weight excluding hydrogens is 448 g/mol. The van der Waals surface area contributed by atoms with Gasteiger partial charge in [0.1, 0.15) is 0 Å². The number of hydrogen-bond donors (Lipinski definition) is 1. The zero-order chi connectivity index (χ0) is 22.3. The van der Waals surface area contributed by atoms with E-state index in [1.165, 1.54) is 22.1 Å². The average molecular weight is 479 g/mol. The van der Waals surface area contributed by atoms with Gasteiger partial charge in [-0.1, -0.05) is 24.4 Å². The lowest BCUT2D eigenvalue weighted by Crippen LogP contribution is -2.47. The van der Waals surface area contributed by atoms with Crippen molar-refractivity contribution >= 4 is 27.3 Å². The minimum atomic E-state index is -3.70. The zero-order valence-electron chi connectivity index (χ0n) is 18.4. The molecule has 8 nitrogen and oxygen atoms in total. The van der Waals surface area contributed by atoms with Gasteiger partial charge >= 0.3 is 0 Å². The minimum Gasteiger partial charge on any atom is -0.353 e. The fourth-order valence-electron chi connectivity index (χ4n) is 4.74. The van der Waals surface area contributed by atoms with Gasteiger partial charge in [-0.25, -0.2) is 8.42 Å². The van der Waals surface area contributed by atoms with Crippen molar-refractivity contribution < 1.29 is 17.7 Å². The Bertz CT molecular complexity index is 1080. The van der Waals surface area contributed by atoms with Gasteiger partial charge in [-0.3, -0.25) is 4.79 Å². The SMILES string of the molecule is Cc1sc(-c2noc(C3CC3)n2)cc1S(=O)(=O)N1CCCC(C(=O)NC2CCCCC2)C1. The van der Waals surface area contributed by atoms with Gasteiger partial charge in [0.05, 0.1) is 15.7 Å². The van der Waals surface area contributed by atoms with Crippen LogP contribution in [0, 0.1) is 12.8 Å². The van der Waals surface area contributed by atoms with Crippen molar-refractivity contribution in [3.05, 3.63) is 16.8 Å². The highest BCUT2D eigenvalue weighted by atomic mass is 32.2.